The van der Waals surface area contributed by atoms with Gasteiger partial charge in [0.2, 0.25) is 5.95 Å². The zero-order chi connectivity index (χ0) is 40.0. The lowest BCUT2D eigenvalue weighted by molar-refractivity contribution is 0.668. The highest BCUT2D eigenvalue weighted by Gasteiger charge is 2.23. The van der Waals surface area contributed by atoms with Crippen molar-refractivity contribution in [2.24, 2.45) is 0 Å². The minimum Gasteiger partial charge on any atom is -0.456 e. The van der Waals surface area contributed by atoms with Crippen molar-refractivity contribution in [1.29, 1.82) is 0 Å². The Morgan fingerprint density at radius 2 is 0.885 bits per heavy atom. The van der Waals surface area contributed by atoms with E-state index in [0.717, 1.165) is 109 Å². The largest absolute Gasteiger partial charge is 0.456 e. The first-order valence-electron chi connectivity index (χ1n) is 20.0. The molecule has 0 fully saturated rings. The zero-order valence-electron chi connectivity index (χ0n) is 32.2. The lowest BCUT2D eigenvalue weighted by Gasteiger charge is -2.24. The fraction of sp³-hybridized carbons (Fsp3) is 0. The SMILES string of the molecule is c1ccc2cc(N(c3ccc4c(c3)oc3ccccc34)c3cnc4c(n3)sc3nc(N(c5ccc6ccccc6c5)c5ccc6c(c5)oc5ccccc56)ncc34)ccc2c1. The van der Waals surface area contributed by atoms with Gasteiger partial charge in [0.15, 0.2) is 5.82 Å². The van der Waals surface area contributed by atoms with Crippen LogP contribution in [0, 0.1) is 0 Å². The van der Waals surface area contributed by atoms with Gasteiger partial charge < -0.3 is 8.83 Å². The second-order valence-corrected chi connectivity index (χ2v) is 16.1. The molecule has 0 unspecified atom stereocenters. The fourth-order valence-corrected chi connectivity index (χ4v) is 9.62. The van der Waals surface area contributed by atoms with Crippen LogP contribution in [0.3, 0.4) is 0 Å². The third-order valence-electron chi connectivity index (χ3n) is 11.6. The maximum absolute atomic E-state index is 6.36. The van der Waals surface area contributed by atoms with E-state index in [2.05, 4.69) is 143 Å². The van der Waals surface area contributed by atoms with E-state index in [1.54, 1.807) is 0 Å². The van der Waals surface area contributed by atoms with Gasteiger partial charge >= 0.3 is 0 Å². The molecule has 0 bridgehead atoms. The average Bonchev–Trinajstić information content (AvgIpc) is 3.99. The molecule has 5 aromatic heterocycles. The molecule has 5 heterocycles. The van der Waals surface area contributed by atoms with Gasteiger partial charge in [-0.3, -0.25) is 9.80 Å². The summed E-state index contributed by atoms with van der Waals surface area (Å²) in [6.45, 7) is 0. The van der Waals surface area contributed by atoms with E-state index < -0.39 is 0 Å². The minimum absolute atomic E-state index is 0.530. The van der Waals surface area contributed by atoms with Crippen LogP contribution >= 0.6 is 11.3 Å². The molecule has 0 N–H and O–H groups in total. The smallest absolute Gasteiger partial charge is 0.235 e. The standard InChI is InChI=1S/C52H30N6O2S/c1-3-11-33-25-35(19-17-31(33)9-1)57(37-21-23-41-39-13-5-7-15-44(39)59-46(41)27-37)48-30-53-49-43-29-54-52(56-50(43)61-51(49)55-48)58(36-20-18-32-10-2-4-12-34(32)26-36)38-22-24-42-40-14-6-8-16-45(40)60-47(42)28-38/h1-30H. The van der Waals surface area contributed by atoms with Gasteiger partial charge in [0, 0.05) is 51.2 Å². The number of benzene rings is 8. The van der Waals surface area contributed by atoms with Crippen LogP contribution in [-0.4, -0.2) is 19.9 Å². The molecule has 0 atom stereocenters. The van der Waals surface area contributed by atoms with Gasteiger partial charge in [-0.25, -0.2) is 19.9 Å². The van der Waals surface area contributed by atoms with E-state index in [4.69, 9.17) is 28.8 Å². The Bertz CT molecular complexity index is 3640. The van der Waals surface area contributed by atoms with Gasteiger partial charge in [0.1, 0.15) is 37.5 Å². The molecule has 61 heavy (non-hydrogen) atoms. The van der Waals surface area contributed by atoms with Crippen molar-refractivity contribution in [2.45, 2.75) is 0 Å². The fourth-order valence-electron chi connectivity index (χ4n) is 8.66. The number of nitrogens with zero attached hydrogens (tertiary/aromatic N) is 6. The maximum Gasteiger partial charge on any atom is 0.235 e. The third kappa shape index (κ3) is 5.45. The summed E-state index contributed by atoms with van der Waals surface area (Å²) < 4.78 is 12.7. The first-order valence-corrected chi connectivity index (χ1v) is 20.8. The molecule has 0 aliphatic rings. The predicted octanol–water partition coefficient (Wildman–Crippen LogP) is 14.7. The molecule has 8 nitrogen and oxygen atoms in total. The monoisotopic (exact) mass is 802 g/mol. The van der Waals surface area contributed by atoms with E-state index in [9.17, 15) is 0 Å². The molecule has 0 aliphatic heterocycles. The van der Waals surface area contributed by atoms with Gasteiger partial charge in [-0.05, 0) is 82.2 Å². The third-order valence-corrected chi connectivity index (χ3v) is 12.6. The van der Waals surface area contributed by atoms with E-state index in [1.807, 2.05) is 48.8 Å². The molecule has 0 saturated carbocycles. The van der Waals surface area contributed by atoms with Crippen LogP contribution in [0.25, 0.3) is 86.0 Å². The average molecular weight is 803 g/mol. The Labute approximate surface area is 351 Å². The van der Waals surface area contributed by atoms with Gasteiger partial charge in [-0.1, -0.05) is 108 Å². The number of anilines is 6. The molecule has 0 radical (unpaired) electrons. The van der Waals surface area contributed by atoms with Crippen LogP contribution in [0.4, 0.5) is 34.5 Å². The maximum atomic E-state index is 6.36. The van der Waals surface area contributed by atoms with Gasteiger partial charge in [-0.15, -0.1) is 0 Å². The molecule has 13 aromatic rings. The van der Waals surface area contributed by atoms with Crippen molar-refractivity contribution < 1.29 is 8.83 Å². The van der Waals surface area contributed by atoms with Crippen molar-refractivity contribution in [3.8, 4) is 0 Å². The van der Waals surface area contributed by atoms with Crippen LogP contribution < -0.4 is 9.80 Å². The Morgan fingerprint density at radius 3 is 1.52 bits per heavy atom. The number of fused-ring (bicyclic) bond motifs is 11. The second kappa shape index (κ2) is 13.2. The van der Waals surface area contributed by atoms with Gasteiger partial charge in [-0.2, -0.15) is 0 Å². The van der Waals surface area contributed by atoms with E-state index in [-0.39, 0.29) is 0 Å². The number of furan rings is 2. The topological polar surface area (TPSA) is 84.3 Å². The number of hydrogen-bond acceptors (Lipinski definition) is 9. The quantitative estimate of drug-likeness (QED) is 0.164. The molecular weight excluding hydrogens is 773 g/mol. The number of hydrogen-bond donors (Lipinski definition) is 0. The van der Waals surface area contributed by atoms with Crippen LogP contribution in [0.1, 0.15) is 0 Å². The minimum atomic E-state index is 0.530. The number of thiophene rings is 1. The Morgan fingerprint density at radius 1 is 0.377 bits per heavy atom. The van der Waals surface area contributed by atoms with Crippen LogP contribution in [-0.2, 0) is 0 Å². The van der Waals surface area contributed by atoms with Crippen molar-refractivity contribution in [1.82, 2.24) is 19.9 Å². The van der Waals surface area contributed by atoms with Crippen LogP contribution in [0.2, 0.25) is 0 Å². The molecule has 0 amide bonds. The van der Waals surface area contributed by atoms with E-state index >= 15 is 0 Å². The molecule has 0 aliphatic carbocycles. The van der Waals surface area contributed by atoms with Gasteiger partial charge in [0.05, 0.1) is 23.0 Å². The Balaban J connectivity index is 0.961. The summed E-state index contributed by atoms with van der Waals surface area (Å²) in [5, 5.41) is 9.70. The summed E-state index contributed by atoms with van der Waals surface area (Å²) in [4.78, 5) is 26.4. The van der Waals surface area contributed by atoms with Crippen LogP contribution in [0.5, 0.6) is 0 Å². The lowest BCUT2D eigenvalue weighted by Crippen LogP contribution is -2.13. The summed E-state index contributed by atoms with van der Waals surface area (Å²) in [6.07, 6.45) is 3.71. The normalized spacial score (nSPS) is 11.9. The van der Waals surface area contributed by atoms with Crippen LogP contribution in [0.15, 0.2) is 191 Å². The summed E-state index contributed by atoms with van der Waals surface area (Å²) in [5.74, 6) is 1.21. The molecule has 8 aromatic carbocycles. The summed E-state index contributed by atoms with van der Waals surface area (Å²) in [7, 11) is 0. The zero-order valence-corrected chi connectivity index (χ0v) is 33.0. The van der Waals surface area contributed by atoms with E-state index in [1.165, 1.54) is 11.3 Å². The Kier molecular flexibility index (Phi) is 7.31. The second-order valence-electron chi connectivity index (χ2n) is 15.2. The predicted molar refractivity (Wildman–Crippen MR) is 249 cm³/mol. The molecule has 9 heteroatoms. The molecule has 0 saturated heterocycles. The highest BCUT2D eigenvalue weighted by molar-refractivity contribution is 7.25. The molecule has 13 rings (SSSR count). The first kappa shape index (κ1) is 33.8. The summed E-state index contributed by atoms with van der Waals surface area (Å²) in [6, 6.07) is 58.5. The Hall–Kier alpha value is -8.14. The highest BCUT2D eigenvalue weighted by atomic mass is 32.1. The number of para-hydroxylation sites is 2. The lowest BCUT2D eigenvalue weighted by atomic mass is 10.1. The molecule has 0 spiro atoms. The molecular formula is C52H30N6O2S. The van der Waals surface area contributed by atoms with Crippen molar-refractivity contribution in [3.05, 3.63) is 182 Å². The van der Waals surface area contributed by atoms with Crippen molar-refractivity contribution in [2.75, 3.05) is 9.80 Å². The summed E-state index contributed by atoms with van der Waals surface area (Å²) >= 11 is 1.51. The van der Waals surface area contributed by atoms with Crippen molar-refractivity contribution >= 4 is 132 Å². The van der Waals surface area contributed by atoms with E-state index in [0.29, 0.717) is 11.8 Å². The number of aromatic nitrogens is 4. The number of rotatable bonds is 6. The molecule has 286 valence electrons. The summed E-state index contributed by atoms with van der Waals surface area (Å²) in [5.41, 5.74) is 7.74. The van der Waals surface area contributed by atoms with Crippen molar-refractivity contribution in [3.63, 3.8) is 0 Å². The first-order chi connectivity index (χ1) is 30.2. The van der Waals surface area contributed by atoms with Gasteiger partial charge in [0.25, 0.3) is 0 Å². The highest BCUT2D eigenvalue weighted by Crippen LogP contribution is 2.42.